The number of fused-ring (bicyclic) bond motifs is 24. The maximum atomic E-state index is 2.48. The van der Waals surface area contributed by atoms with Crippen molar-refractivity contribution in [3.05, 3.63) is 528 Å². The van der Waals surface area contributed by atoms with Gasteiger partial charge in [-0.15, -0.1) is 0 Å². The van der Waals surface area contributed by atoms with Crippen molar-refractivity contribution in [3.63, 3.8) is 0 Å². The minimum atomic E-state index is -0.487. The van der Waals surface area contributed by atoms with Gasteiger partial charge in [-0.25, -0.2) is 0 Å². The van der Waals surface area contributed by atoms with Crippen LogP contribution in [-0.4, -0.2) is 18.3 Å². The zero-order valence-corrected chi connectivity index (χ0v) is 73.7. The van der Waals surface area contributed by atoms with Gasteiger partial charge in [0.25, 0.3) is 0 Å². The van der Waals surface area contributed by atoms with E-state index in [1.54, 1.807) is 0 Å². The molecule has 0 atom stereocenters. The van der Waals surface area contributed by atoms with E-state index in [2.05, 4.69) is 507 Å². The third-order valence-electron chi connectivity index (χ3n) is 30.4. The summed E-state index contributed by atoms with van der Waals surface area (Å²) in [6.07, 6.45) is 0. The van der Waals surface area contributed by atoms with E-state index in [0.29, 0.717) is 0 Å². The first-order valence-electron chi connectivity index (χ1n) is 46.3. The second-order valence-electron chi connectivity index (χ2n) is 37.7. The van der Waals surface area contributed by atoms with Crippen LogP contribution in [0.25, 0.3) is 177 Å². The number of para-hydroxylation sites is 4. The Bertz CT molecular complexity index is 8350. The molecule has 620 valence electrons. The Labute approximate surface area is 766 Å². The molecule has 0 saturated heterocycles. The average molecular weight is 1680 g/mol. The van der Waals surface area contributed by atoms with Gasteiger partial charge in [0.15, 0.2) is 0 Å². The highest BCUT2D eigenvalue weighted by Crippen LogP contribution is 2.60. The highest BCUT2D eigenvalue weighted by atomic mass is 15.0. The van der Waals surface area contributed by atoms with E-state index in [1.165, 1.54) is 232 Å². The van der Waals surface area contributed by atoms with Crippen LogP contribution in [-0.2, 0) is 21.7 Å². The summed E-state index contributed by atoms with van der Waals surface area (Å²) in [6, 6.07) is 172. The first-order valence-corrected chi connectivity index (χ1v) is 46.3. The van der Waals surface area contributed by atoms with E-state index in [-0.39, 0.29) is 10.8 Å². The molecular weight excluding hydrogens is 1590 g/mol. The fourth-order valence-corrected chi connectivity index (χ4v) is 24.5. The molecule has 0 bridgehead atoms. The fraction of sp³-hybridized carbons (Fsp3) is 0.0625. The van der Waals surface area contributed by atoms with Crippen LogP contribution < -0.4 is 0 Å². The number of nitrogens with zero attached hydrogens (tertiary/aromatic N) is 4. The zero-order valence-electron chi connectivity index (χ0n) is 73.7. The molecule has 4 nitrogen and oxygen atoms in total. The molecule has 0 saturated carbocycles. The Hall–Kier alpha value is -16.4. The quantitative estimate of drug-likeness (QED) is 0.130. The SMILES string of the molecule is CC1(C)c2ccccc2-c2ccc(-n3c4ccccc4c4cc(-c5ccc6c(c5)c5ccccc5n6-c5ccc6c(c5)C(C)(C)c5ccccc5-6)ccc43)cc21.c1ccc(C2(c3ccccc3)c3ccccc3-c3ccc(-n4c5ccccc5c5cc(-c6ccc7c(c6)c6ccccc6n7-c6ccc7c(c6)C(c6ccccc6)(c6ccccc6)c6ccccc6-7)ccc54)cc32)cc1. The molecule has 24 aromatic rings. The molecular formula is C128H88N4. The van der Waals surface area contributed by atoms with Crippen LogP contribution in [0.2, 0.25) is 0 Å². The van der Waals surface area contributed by atoms with Crippen LogP contribution in [0, 0.1) is 0 Å². The number of rotatable bonds is 10. The monoisotopic (exact) mass is 1680 g/mol. The van der Waals surface area contributed by atoms with Crippen molar-refractivity contribution in [2.75, 3.05) is 0 Å². The highest BCUT2D eigenvalue weighted by Gasteiger charge is 2.49. The van der Waals surface area contributed by atoms with Crippen molar-refractivity contribution in [2.24, 2.45) is 0 Å². The maximum Gasteiger partial charge on any atom is 0.0714 e. The van der Waals surface area contributed by atoms with Crippen LogP contribution in [0.4, 0.5) is 0 Å². The summed E-state index contributed by atoms with van der Waals surface area (Å²) >= 11 is 0. The van der Waals surface area contributed by atoms with Crippen LogP contribution in [0.1, 0.15) is 94.5 Å². The van der Waals surface area contributed by atoms with Crippen molar-refractivity contribution in [1.82, 2.24) is 18.3 Å². The first kappa shape index (κ1) is 75.7. The molecule has 0 radical (unpaired) electrons. The van der Waals surface area contributed by atoms with Gasteiger partial charge in [-0.2, -0.15) is 0 Å². The predicted molar refractivity (Wildman–Crippen MR) is 551 cm³/mol. The Morgan fingerprint density at radius 1 is 0.144 bits per heavy atom. The lowest BCUT2D eigenvalue weighted by atomic mass is 9.67. The van der Waals surface area contributed by atoms with Crippen molar-refractivity contribution >= 4 is 87.2 Å². The van der Waals surface area contributed by atoms with Crippen molar-refractivity contribution in [2.45, 2.75) is 49.4 Å². The lowest BCUT2D eigenvalue weighted by Gasteiger charge is -2.34. The minimum Gasteiger partial charge on any atom is -0.309 e. The van der Waals surface area contributed by atoms with Gasteiger partial charge in [-0.1, -0.05) is 367 Å². The van der Waals surface area contributed by atoms with Crippen LogP contribution in [0.3, 0.4) is 0 Å². The van der Waals surface area contributed by atoms with Gasteiger partial charge >= 0.3 is 0 Å². The molecule has 0 spiro atoms. The summed E-state index contributed by atoms with van der Waals surface area (Å²) < 4.78 is 9.88. The van der Waals surface area contributed by atoms with E-state index in [9.17, 15) is 0 Å². The molecule has 28 rings (SSSR count). The van der Waals surface area contributed by atoms with Crippen molar-refractivity contribution < 1.29 is 0 Å². The van der Waals surface area contributed by atoms with E-state index in [0.717, 1.165) is 11.4 Å². The number of aromatic nitrogens is 4. The normalized spacial score (nSPS) is 14.2. The number of hydrogen-bond donors (Lipinski definition) is 0. The van der Waals surface area contributed by atoms with Crippen molar-refractivity contribution in [1.29, 1.82) is 0 Å². The molecule has 0 N–H and O–H groups in total. The summed E-state index contributed by atoms with van der Waals surface area (Å²) in [5.41, 5.74) is 44.5. The lowest BCUT2D eigenvalue weighted by molar-refractivity contribution is 0.660. The molecule has 0 amide bonds. The lowest BCUT2D eigenvalue weighted by Crippen LogP contribution is -2.28. The smallest absolute Gasteiger partial charge is 0.0714 e. The van der Waals surface area contributed by atoms with Gasteiger partial charge in [0.05, 0.1) is 55.0 Å². The summed E-state index contributed by atoms with van der Waals surface area (Å²) in [6.45, 7) is 9.44. The molecule has 4 aromatic heterocycles. The van der Waals surface area contributed by atoms with Gasteiger partial charge in [0.2, 0.25) is 0 Å². The van der Waals surface area contributed by atoms with E-state index >= 15 is 0 Å². The highest BCUT2D eigenvalue weighted by molar-refractivity contribution is 6.16. The molecule has 4 heterocycles. The molecule has 4 aliphatic rings. The standard InChI is InChI=1S/C74H48N2.C54H40N2/c1-5-21-51(22-6-1)73(52-23-7-2-8-24-52)65-33-17-13-29-57(65)59-41-39-55(47-67(59)73)75-69-35-19-15-31-61(69)63-45-49(37-43-71(63)75)50-38-44-72-64(46-50)62-32-16-20-36-70(62)76(72)56-40-42-60-58-30-14-18-34-66(58)74(68(60)48-56,53-25-9-3-10-26-53)54-27-11-4-12-28-54;1-53(2)45-17-9-5-13-37(45)39-25-23-35(31-47(39)53)55-49-19-11-7-15-41(49)43-29-33(21-27-51(43)55)34-22-28-52-44(30-34)42-16-8-12-20-50(42)56(52)36-24-26-40-38-14-6-10-18-46(38)54(3,4)48(40)32-36/h1-48H;5-32H,1-4H3. The molecule has 132 heavy (non-hydrogen) atoms. The Kier molecular flexibility index (Phi) is 16.4. The summed E-state index contributed by atoms with van der Waals surface area (Å²) in [5, 5.41) is 10.0. The van der Waals surface area contributed by atoms with Gasteiger partial charge < -0.3 is 18.3 Å². The zero-order chi connectivity index (χ0) is 87.5. The maximum absolute atomic E-state index is 2.48. The second-order valence-corrected chi connectivity index (χ2v) is 37.7. The predicted octanol–water partition coefficient (Wildman–Crippen LogP) is 32.4. The second kappa shape index (κ2) is 28.5. The van der Waals surface area contributed by atoms with Crippen LogP contribution in [0.15, 0.2) is 461 Å². The van der Waals surface area contributed by atoms with E-state index in [1.807, 2.05) is 0 Å². The molecule has 4 heteroatoms. The largest absolute Gasteiger partial charge is 0.309 e. The summed E-state index contributed by atoms with van der Waals surface area (Å²) in [7, 11) is 0. The minimum absolute atomic E-state index is 0.0569. The molecule has 4 aliphatic carbocycles. The van der Waals surface area contributed by atoms with Gasteiger partial charge in [0, 0.05) is 76.7 Å². The van der Waals surface area contributed by atoms with Crippen LogP contribution in [0.5, 0.6) is 0 Å². The van der Waals surface area contributed by atoms with Gasteiger partial charge in [0.1, 0.15) is 0 Å². The summed E-state index contributed by atoms with van der Waals surface area (Å²) in [5.74, 6) is 0. The number of benzene rings is 20. The van der Waals surface area contributed by atoms with Crippen molar-refractivity contribution in [3.8, 4) is 89.5 Å². The molecule has 0 fully saturated rings. The average Bonchev–Trinajstić information content (AvgIpc) is 1.53. The Morgan fingerprint density at radius 3 is 0.629 bits per heavy atom. The molecule has 0 aliphatic heterocycles. The summed E-state index contributed by atoms with van der Waals surface area (Å²) in [4.78, 5) is 0. The number of hydrogen-bond acceptors (Lipinski definition) is 0. The van der Waals surface area contributed by atoms with Crippen LogP contribution >= 0.6 is 0 Å². The Balaban J connectivity index is 0.000000141. The molecule has 20 aromatic carbocycles. The Morgan fingerprint density at radius 2 is 0.348 bits per heavy atom. The van der Waals surface area contributed by atoms with E-state index in [4.69, 9.17) is 0 Å². The third-order valence-corrected chi connectivity index (χ3v) is 30.4. The molecule has 0 unspecified atom stereocenters. The first-order chi connectivity index (χ1) is 65.0. The van der Waals surface area contributed by atoms with Gasteiger partial charge in [-0.3, -0.25) is 0 Å². The fourth-order valence-electron chi connectivity index (χ4n) is 24.5. The third kappa shape index (κ3) is 10.7. The topological polar surface area (TPSA) is 19.7 Å². The van der Waals surface area contributed by atoms with Gasteiger partial charge in [-0.05, 0) is 255 Å². The van der Waals surface area contributed by atoms with E-state index < -0.39 is 10.8 Å².